The number of aryl methyl sites for hydroxylation is 1. The van der Waals surface area contributed by atoms with Gasteiger partial charge in [-0.25, -0.2) is 14.4 Å². The van der Waals surface area contributed by atoms with Crippen molar-refractivity contribution in [2.75, 3.05) is 7.11 Å². The first-order valence-electron chi connectivity index (χ1n) is 6.24. The van der Waals surface area contributed by atoms with Crippen molar-refractivity contribution in [2.24, 2.45) is 0 Å². The highest BCUT2D eigenvalue weighted by Gasteiger charge is 2.18. The van der Waals surface area contributed by atoms with Gasteiger partial charge in [0.2, 0.25) is 5.88 Å². The topological polar surface area (TPSA) is 52.8 Å². The average Bonchev–Trinajstić information content (AvgIpc) is 2.88. The van der Waals surface area contributed by atoms with Crippen LogP contribution in [0.3, 0.4) is 0 Å². The summed E-state index contributed by atoms with van der Waals surface area (Å²) >= 11 is 5.98. The molecule has 3 rings (SSSR count). The first-order valence-corrected chi connectivity index (χ1v) is 6.78. The third-order valence-corrected chi connectivity index (χ3v) is 3.44. The molecule has 0 spiro atoms. The smallest absolute Gasteiger partial charge is 0.245 e. The van der Waals surface area contributed by atoms with E-state index in [9.17, 15) is 4.39 Å². The summed E-state index contributed by atoms with van der Waals surface area (Å²) in [6.07, 6.45) is 1.38. The molecule has 0 aliphatic rings. The van der Waals surface area contributed by atoms with Gasteiger partial charge >= 0.3 is 0 Å². The normalized spacial score (nSPS) is 11.0. The van der Waals surface area contributed by atoms with Gasteiger partial charge in [0.25, 0.3) is 0 Å². The Hall–Kier alpha value is -2.21. The van der Waals surface area contributed by atoms with Gasteiger partial charge in [0.1, 0.15) is 18.0 Å². The Kier molecular flexibility index (Phi) is 3.47. The fourth-order valence-corrected chi connectivity index (χ4v) is 2.41. The quantitative estimate of drug-likeness (QED) is 0.698. The maximum Gasteiger partial charge on any atom is 0.245 e. The minimum absolute atomic E-state index is 0.162. The number of nitrogens with zero attached hydrogens (tertiary/aromatic N) is 4. The molecule has 0 fully saturated rings. The summed E-state index contributed by atoms with van der Waals surface area (Å²) in [5.74, 6) is 0.743. The summed E-state index contributed by atoms with van der Waals surface area (Å²) in [5.41, 5.74) is 2.57. The monoisotopic (exact) mass is 306 g/mol. The van der Waals surface area contributed by atoms with Gasteiger partial charge in [-0.2, -0.15) is 4.98 Å². The number of aromatic nitrogens is 4. The Bertz CT molecular complexity index is 818. The van der Waals surface area contributed by atoms with Crippen LogP contribution < -0.4 is 4.74 Å². The highest BCUT2D eigenvalue weighted by molar-refractivity contribution is 6.17. The average molecular weight is 307 g/mol. The third-order valence-electron chi connectivity index (χ3n) is 3.21. The molecule has 0 amide bonds. The molecule has 108 valence electrons. The van der Waals surface area contributed by atoms with Crippen molar-refractivity contribution in [3.63, 3.8) is 0 Å². The number of hydrogen-bond donors (Lipinski definition) is 0. The van der Waals surface area contributed by atoms with Crippen molar-refractivity contribution in [3.8, 4) is 11.6 Å². The van der Waals surface area contributed by atoms with E-state index < -0.39 is 0 Å². The molecule has 1 aromatic carbocycles. The summed E-state index contributed by atoms with van der Waals surface area (Å²) in [6, 6.07) is 4.54. The standard InChI is InChI=1S/C14H12ClFN4O/c1-8-3-4-9(16)5-10(8)20-11(6-15)19-12-13(20)17-7-18-14(12)21-2/h3-5,7H,6H2,1-2H3. The molecule has 7 heteroatoms. The lowest BCUT2D eigenvalue weighted by Gasteiger charge is -2.10. The van der Waals surface area contributed by atoms with E-state index in [-0.39, 0.29) is 11.7 Å². The summed E-state index contributed by atoms with van der Waals surface area (Å²) in [4.78, 5) is 12.7. The molecule has 0 aliphatic heterocycles. The second-order valence-electron chi connectivity index (χ2n) is 4.48. The van der Waals surface area contributed by atoms with Gasteiger partial charge in [0, 0.05) is 0 Å². The molecule has 0 N–H and O–H groups in total. The fraction of sp³-hybridized carbons (Fsp3) is 0.214. The van der Waals surface area contributed by atoms with E-state index in [2.05, 4.69) is 15.0 Å². The molecule has 0 unspecified atom stereocenters. The zero-order valence-electron chi connectivity index (χ0n) is 11.5. The van der Waals surface area contributed by atoms with Crippen LogP contribution in [0.5, 0.6) is 5.88 Å². The van der Waals surface area contributed by atoms with Gasteiger partial charge in [-0.15, -0.1) is 11.6 Å². The number of fused-ring (bicyclic) bond motifs is 1. The van der Waals surface area contributed by atoms with Crippen LogP contribution in [-0.4, -0.2) is 26.6 Å². The zero-order chi connectivity index (χ0) is 15.0. The van der Waals surface area contributed by atoms with E-state index in [0.29, 0.717) is 28.6 Å². The second-order valence-corrected chi connectivity index (χ2v) is 4.75. The first-order chi connectivity index (χ1) is 10.2. The van der Waals surface area contributed by atoms with Gasteiger partial charge in [0.05, 0.1) is 18.7 Å². The number of imidazole rings is 1. The van der Waals surface area contributed by atoms with Crippen LogP contribution in [0.2, 0.25) is 0 Å². The predicted molar refractivity (Wildman–Crippen MR) is 77.5 cm³/mol. The molecule has 2 aromatic heterocycles. The molecule has 2 heterocycles. The first kappa shape index (κ1) is 13.8. The molecule has 0 aliphatic carbocycles. The lowest BCUT2D eigenvalue weighted by molar-refractivity contribution is 0.401. The van der Waals surface area contributed by atoms with Gasteiger partial charge in [-0.3, -0.25) is 4.57 Å². The van der Waals surface area contributed by atoms with Crippen molar-refractivity contribution in [1.82, 2.24) is 19.5 Å². The SMILES string of the molecule is COc1ncnc2c1nc(CCl)n2-c1cc(F)ccc1C. The minimum Gasteiger partial charge on any atom is -0.479 e. The van der Waals surface area contributed by atoms with Crippen molar-refractivity contribution >= 4 is 22.8 Å². The number of hydrogen-bond acceptors (Lipinski definition) is 4. The molecule has 0 saturated carbocycles. The number of rotatable bonds is 3. The van der Waals surface area contributed by atoms with Crippen LogP contribution in [-0.2, 0) is 5.88 Å². The van der Waals surface area contributed by atoms with Crippen LogP contribution in [0.1, 0.15) is 11.4 Å². The van der Waals surface area contributed by atoms with Crippen LogP contribution in [0.15, 0.2) is 24.5 Å². The summed E-state index contributed by atoms with van der Waals surface area (Å²) in [5, 5.41) is 0. The summed E-state index contributed by atoms with van der Waals surface area (Å²) < 4.78 is 20.5. The second kappa shape index (κ2) is 5.29. The predicted octanol–water partition coefficient (Wildman–Crippen LogP) is 3.01. The van der Waals surface area contributed by atoms with Gasteiger partial charge < -0.3 is 4.74 Å². The number of benzene rings is 1. The van der Waals surface area contributed by atoms with Gasteiger partial charge in [-0.05, 0) is 24.6 Å². The zero-order valence-corrected chi connectivity index (χ0v) is 12.2. The van der Waals surface area contributed by atoms with E-state index in [1.165, 1.54) is 25.6 Å². The molecule has 5 nitrogen and oxygen atoms in total. The van der Waals surface area contributed by atoms with E-state index in [1.54, 1.807) is 10.6 Å². The molecular weight excluding hydrogens is 295 g/mol. The molecular formula is C14H12ClFN4O. The maximum atomic E-state index is 13.6. The number of ether oxygens (including phenoxy) is 1. The summed E-state index contributed by atoms with van der Waals surface area (Å²) in [7, 11) is 1.51. The van der Waals surface area contributed by atoms with E-state index in [4.69, 9.17) is 16.3 Å². The van der Waals surface area contributed by atoms with Crippen LogP contribution >= 0.6 is 11.6 Å². The van der Waals surface area contributed by atoms with Crippen LogP contribution in [0.25, 0.3) is 16.9 Å². The van der Waals surface area contributed by atoms with Crippen molar-refractivity contribution in [3.05, 3.63) is 41.7 Å². The maximum absolute atomic E-state index is 13.6. The molecule has 3 aromatic rings. The van der Waals surface area contributed by atoms with Crippen LogP contribution in [0.4, 0.5) is 4.39 Å². The lowest BCUT2D eigenvalue weighted by Crippen LogP contribution is -2.03. The Morgan fingerprint density at radius 3 is 2.86 bits per heavy atom. The third kappa shape index (κ3) is 2.21. The fourth-order valence-electron chi connectivity index (χ4n) is 2.23. The summed E-state index contributed by atoms with van der Waals surface area (Å²) in [6.45, 7) is 1.89. The molecule has 0 radical (unpaired) electrons. The Morgan fingerprint density at radius 1 is 1.33 bits per heavy atom. The molecule has 21 heavy (non-hydrogen) atoms. The Balaban J connectivity index is 2.38. The van der Waals surface area contributed by atoms with Crippen LogP contribution in [0, 0.1) is 12.7 Å². The lowest BCUT2D eigenvalue weighted by atomic mass is 10.2. The minimum atomic E-state index is -0.334. The van der Waals surface area contributed by atoms with E-state index in [0.717, 1.165) is 5.56 Å². The highest BCUT2D eigenvalue weighted by atomic mass is 35.5. The number of alkyl halides is 1. The van der Waals surface area contributed by atoms with E-state index >= 15 is 0 Å². The Morgan fingerprint density at radius 2 is 2.14 bits per heavy atom. The molecule has 0 bridgehead atoms. The van der Waals surface area contributed by atoms with Crippen molar-refractivity contribution < 1.29 is 9.13 Å². The number of halogens is 2. The van der Waals surface area contributed by atoms with Crippen molar-refractivity contribution in [2.45, 2.75) is 12.8 Å². The highest BCUT2D eigenvalue weighted by Crippen LogP contribution is 2.27. The van der Waals surface area contributed by atoms with Gasteiger partial charge in [-0.1, -0.05) is 6.07 Å². The Labute approximate surface area is 125 Å². The largest absolute Gasteiger partial charge is 0.479 e. The molecule has 0 atom stereocenters. The molecule has 0 saturated heterocycles. The van der Waals surface area contributed by atoms with E-state index in [1.807, 2.05) is 6.92 Å². The number of methoxy groups -OCH3 is 1. The van der Waals surface area contributed by atoms with Gasteiger partial charge in [0.15, 0.2) is 11.2 Å². The van der Waals surface area contributed by atoms with Crippen molar-refractivity contribution in [1.29, 1.82) is 0 Å².